The number of nitrogens with one attached hydrogen (secondary N) is 1. The molecular weight excluding hydrogens is 268 g/mol. The van der Waals surface area contributed by atoms with Crippen LogP contribution in [0.1, 0.15) is 25.7 Å². The molecule has 2 fully saturated rings. The molecule has 1 aliphatic heterocycles. The SMILES string of the molecule is O=C(NCCCn1ccnc1)[C@H]1CC(=O)N(CC2CC2)C1. The number of likely N-dealkylation sites (tertiary alicyclic amines) is 1. The number of hydrogen-bond acceptors (Lipinski definition) is 3. The van der Waals surface area contributed by atoms with Crippen LogP contribution in [0.5, 0.6) is 0 Å². The van der Waals surface area contributed by atoms with Gasteiger partial charge in [0.1, 0.15) is 0 Å². The van der Waals surface area contributed by atoms with Crippen molar-refractivity contribution in [1.82, 2.24) is 19.8 Å². The number of amides is 2. The van der Waals surface area contributed by atoms with Crippen molar-refractivity contribution in [1.29, 1.82) is 0 Å². The van der Waals surface area contributed by atoms with E-state index in [0.29, 0.717) is 25.4 Å². The van der Waals surface area contributed by atoms with E-state index in [1.807, 2.05) is 15.7 Å². The number of aromatic nitrogens is 2. The van der Waals surface area contributed by atoms with Crippen molar-refractivity contribution in [2.45, 2.75) is 32.2 Å². The first-order valence-electron chi connectivity index (χ1n) is 7.73. The number of aryl methyl sites for hydroxylation is 1. The minimum absolute atomic E-state index is 0.0206. The number of rotatable bonds is 7. The van der Waals surface area contributed by atoms with E-state index in [4.69, 9.17) is 0 Å². The lowest BCUT2D eigenvalue weighted by molar-refractivity contribution is -0.129. The quantitative estimate of drug-likeness (QED) is 0.750. The summed E-state index contributed by atoms with van der Waals surface area (Å²) in [4.78, 5) is 29.8. The highest BCUT2D eigenvalue weighted by molar-refractivity contribution is 5.89. The second-order valence-corrected chi connectivity index (χ2v) is 6.09. The van der Waals surface area contributed by atoms with E-state index in [0.717, 1.165) is 19.5 Å². The lowest BCUT2D eigenvalue weighted by Gasteiger charge is -2.16. The van der Waals surface area contributed by atoms with Crippen LogP contribution in [-0.2, 0) is 16.1 Å². The van der Waals surface area contributed by atoms with Crippen LogP contribution in [0, 0.1) is 11.8 Å². The van der Waals surface area contributed by atoms with Gasteiger partial charge in [-0.1, -0.05) is 0 Å². The molecule has 1 saturated heterocycles. The molecule has 0 bridgehead atoms. The van der Waals surface area contributed by atoms with Gasteiger partial charge in [0.15, 0.2) is 0 Å². The molecule has 2 heterocycles. The zero-order chi connectivity index (χ0) is 14.7. The molecule has 21 heavy (non-hydrogen) atoms. The van der Waals surface area contributed by atoms with Crippen molar-refractivity contribution in [3.05, 3.63) is 18.7 Å². The highest BCUT2D eigenvalue weighted by Crippen LogP contribution is 2.31. The zero-order valence-corrected chi connectivity index (χ0v) is 12.2. The van der Waals surface area contributed by atoms with Crippen LogP contribution in [0.2, 0.25) is 0 Å². The van der Waals surface area contributed by atoms with Gasteiger partial charge >= 0.3 is 0 Å². The first-order chi connectivity index (χ1) is 10.2. The first kappa shape index (κ1) is 14.1. The maximum Gasteiger partial charge on any atom is 0.225 e. The average Bonchev–Trinajstić information content (AvgIpc) is 2.98. The maximum absolute atomic E-state index is 12.1. The molecule has 0 spiro atoms. The molecule has 0 radical (unpaired) electrons. The molecule has 6 heteroatoms. The molecule has 1 aliphatic carbocycles. The molecule has 1 aromatic heterocycles. The highest BCUT2D eigenvalue weighted by Gasteiger charge is 2.36. The van der Waals surface area contributed by atoms with Gasteiger partial charge in [0.25, 0.3) is 0 Å². The molecule has 1 aromatic rings. The lowest BCUT2D eigenvalue weighted by atomic mass is 10.1. The van der Waals surface area contributed by atoms with Gasteiger partial charge < -0.3 is 14.8 Å². The van der Waals surface area contributed by atoms with Crippen LogP contribution >= 0.6 is 0 Å². The fourth-order valence-corrected chi connectivity index (χ4v) is 2.77. The van der Waals surface area contributed by atoms with Gasteiger partial charge in [-0.2, -0.15) is 0 Å². The van der Waals surface area contributed by atoms with E-state index in [2.05, 4.69) is 10.3 Å². The Morgan fingerprint density at radius 1 is 1.43 bits per heavy atom. The van der Waals surface area contributed by atoms with Crippen molar-refractivity contribution in [3.63, 3.8) is 0 Å². The summed E-state index contributed by atoms with van der Waals surface area (Å²) in [5, 5.41) is 2.95. The molecule has 0 aromatic carbocycles. The van der Waals surface area contributed by atoms with Crippen LogP contribution in [-0.4, -0.2) is 45.9 Å². The molecule has 114 valence electrons. The van der Waals surface area contributed by atoms with E-state index in [9.17, 15) is 9.59 Å². The van der Waals surface area contributed by atoms with E-state index in [-0.39, 0.29) is 17.7 Å². The van der Waals surface area contributed by atoms with E-state index in [1.165, 1.54) is 12.8 Å². The third-order valence-electron chi connectivity index (χ3n) is 4.21. The Bertz CT molecular complexity index is 496. The second kappa shape index (κ2) is 6.28. The van der Waals surface area contributed by atoms with Crippen molar-refractivity contribution in [3.8, 4) is 0 Å². The first-order valence-corrected chi connectivity index (χ1v) is 7.73. The molecule has 1 N–H and O–H groups in total. The Labute approximate surface area is 124 Å². The van der Waals surface area contributed by atoms with E-state index >= 15 is 0 Å². The maximum atomic E-state index is 12.1. The Morgan fingerprint density at radius 3 is 3.00 bits per heavy atom. The molecule has 6 nitrogen and oxygen atoms in total. The van der Waals surface area contributed by atoms with Crippen LogP contribution in [0.25, 0.3) is 0 Å². The Balaban J connectivity index is 1.36. The summed E-state index contributed by atoms with van der Waals surface area (Å²) in [7, 11) is 0. The Morgan fingerprint density at radius 2 is 2.29 bits per heavy atom. The monoisotopic (exact) mass is 290 g/mol. The van der Waals surface area contributed by atoms with Crippen molar-refractivity contribution < 1.29 is 9.59 Å². The van der Waals surface area contributed by atoms with Gasteiger partial charge in [0.2, 0.25) is 11.8 Å². The van der Waals surface area contributed by atoms with Crippen LogP contribution < -0.4 is 5.32 Å². The molecule has 1 saturated carbocycles. The summed E-state index contributed by atoms with van der Waals surface area (Å²) in [5.41, 5.74) is 0. The average molecular weight is 290 g/mol. The third-order valence-corrected chi connectivity index (χ3v) is 4.21. The van der Waals surface area contributed by atoms with Crippen molar-refractivity contribution in [2.75, 3.05) is 19.6 Å². The Kier molecular flexibility index (Phi) is 4.22. The van der Waals surface area contributed by atoms with Crippen LogP contribution in [0.15, 0.2) is 18.7 Å². The predicted molar refractivity (Wildman–Crippen MR) is 77.3 cm³/mol. The van der Waals surface area contributed by atoms with Gasteiger partial charge in [-0.15, -0.1) is 0 Å². The minimum Gasteiger partial charge on any atom is -0.356 e. The summed E-state index contributed by atoms with van der Waals surface area (Å²) in [5.74, 6) is 0.683. The van der Waals surface area contributed by atoms with Crippen molar-refractivity contribution in [2.24, 2.45) is 11.8 Å². The fourth-order valence-electron chi connectivity index (χ4n) is 2.77. The van der Waals surface area contributed by atoms with E-state index < -0.39 is 0 Å². The predicted octanol–water partition coefficient (Wildman–Crippen LogP) is 0.648. The van der Waals surface area contributed by atoms with Crippen molar-refractivity contribution >= 4 is 11.8 Å². The second-order valence-electron chi connectivity index (χ2n) is 6.09. The zero-order valence-electron chi connectivity index (χ0n) is 12.2. The molecule has 1 atom stereocenters. The van der Waals surface area contributed by atoms with Gasteiger partial charge in [-0.05, 0) is 25.2 Å². The highest BCUT2D eigenvalue weighted by atomic mass is 16.2. The standard InChI is InChI=1S/C15H22N4O2/c20-14-8-13(10-19(14)9-12-2-3-12)15(21)17-4-1-6-18-7-5-16-11-18/h5,7,11-13H,1-4,6,8-10H2,(H,17,21)/t13-/m0/s1. The van der Waals surface area contributed by atoms with Gasteiger partial charge in [-0.3, -0.25) is 9.59 Å². The smallest absolute Gasteiger partial charge is 0.225 e. The third kappa shape index (κ3) is 3.83. The van der Waals surface area contributed by atoms with E-state index in [1.54, 1.807) is 12.5 Å². The summed E-state index contributed by atoms with van der Waals surface area (Å²) >= 11 is 0. The minimum atomic E-state index is -0.163. The summed E-state index contributed by atoms with van der Waals surface area (Å²) < 4.78 is 1.99. The molecule has 3 rings (SSSR count). The summed E-state index contributed by atoms with van der Waals surface area (Å²) in [6, 6.07) is 0. The Hall–Kier alpha value is -1.85. The van der Waals surface area contributed by atoms with Crippen LogP contribution in [0.4, 0.5) is 0 Å². The number of imidazole rings is 1. The number of hydrogen-bond donors (Lipinski definition) is 1. The molecule has 0 unspecified atom stereocenters. The molecule has 2 amide bonds. The normalized spacial score (nSPS) is 21.8. The molecule has 2 aliphatic rings. The summed E-state index contributed by atoms with van der Waals surface area (Å²) in [6.45, 7) is 2.94. The van der Waals surface area contributed by atoms with Gasteiger partial charge in [0, 0.05) is 45.0 Å². The largest absolute Gasteiger partial charge is 0.356 e. The number of nitrogens with zero attached hydrogens (tertiary/aromatic N) is 3. The molecular formula is C15H22N4O2. The van der Waals surface area contributed by atoms with Gasteiger partial charge in [0.05, 0.1) is 12.2 Å². The summed E-state index contributed by atoms with van der Waals surface area (Å²) in [6.07, 6.45) is 9.13. The van der Waals surface area contributed by atoms with Crippen LogP contribution in [0.3, 0.4) is 0 Å². The number of carbonyl (C=O) groups is 2. The van der Waals surface area contributed by atoms with Gasteiger partial charge in [-0.25, -0.2) is 4.98 Å². The topological polar surface area (TPSA) is 67.2 Å². The lowest BCUT2D eigenvalue weighted by Crippen LogP contribution is -2.34. The number of carbonyl (C=O) groups excluding carboxylic acids is 2. The fraction of sp³-hybridized carbons (Fsp3) is 0.667.